The lowest BCUT2D eigenvalue weighted by Crippen LogP contribution is -2.29. The number of fused-ring (bicyclic) bond motifs is 1. The number of allylic oxidation sites excluding steroid dienone is 5. The first-order valence-electron chi connectivity index (χ1n) is 11.6. The van der Waals surface area contributed by atoms with Gasteiger partial charge in [0.15, 0.2) is 18.5 Å². The minimum atomic E-state index is 0.405. The molecule has 0 amide bonds. The Balaban J connectivity index is 1.51. The van der Waals surface area contributed by atoms with Crippen molar-refractivity contribution < 1.29 is 4.57 Å². The summed E-state index contributed by atoms with van der Waals surface area (Å²) in [5, 5.41) is 0. The molecule has 1 saturated carbocycles. The van der Waals surface area contributed by atoms with Crippen LogP contribution in [0.1, 0.15) is 72.6 Å². The summed E-state index contributed by atoms with van der Waals surface area (Å²) < 4.78 is 4.11. The van der Waals surface area contributed by atoms with Gasteiger partial charge >= 0.3 is 5.65 Å². The molecule has 31 heavy (non-hydrogen) atoms. The van der Waals surface area contributed by atoms with Crippen molar-refractivity contribution in [1.82, 2.24) is 14.5 Å². The number of aryl methyl sites for hydroxylation is 1. The maximum atomic E-state index is 6.08. The fourth-order valence-corrected chi connectivity index (χ4v) is 5.02. The fourth-order valence-electron chi connectivity index (χ4n) is 5.02. The highest BCUT2D eigenvalue weighted by molar-refractivity contribution is 5.79. The van der Waals surface area contributed by atoms with E-state index in [1.807, 2.05) is 17.9 Å². The lowest BCUT2D eigenvalue weighted by Gasteiger charge is -2.40. The standard InChI is InChI=1S/C26H40N5/c1-19(12-13-22-21(3)11-8-15-26(22,4)5)9-7-10-20(2)14-16-31-18-30(6)25-23(31)24(27)28-17-29-25/h9,14,17-18,22H,3,7-8,10-13,15-16H2,1-2,4-6H3,(H2,27,28,29)/q+1/b19-9+,20-14+/t22-/m0/s1. The molecular formula is C26H40N5+. The highest BCUT2D eigenvalue weighted by atomic mass is 15.2. The monoisotopic (exact) mass is 422 g/mol. The van der Waals surface area contributed by atoms with E-state index < -0.39 is 0 Å². The quantitative estimate of drug-likeness (QED) is 0.440. The Kier molecular flexibility index (Phi) is 7.34. The Morgan fingerprint density at radius 1 is 1.26 bits per heavy atom. The van der Waals surface area contributed by atoms with Crippen LogP contribution in [0.2, 0.25) is 0 Å². The largest absolute Gasteiger partial charge is 0.380 e. The number of nitrogen functional groups attached to an aromatic ring is 1. The van der Waals surface area contributed by atoms with Gasteiger partial charge in [0.1, 0.15) is 0 Å². The summed E-state index contributed by atoms with van der Waals surface area (Å²) in [4.78, 5) is 8.48. The van der Waals surface area contributed by atoms with Crippen LogP contribution in [0.5, 0.6) is 0 Å². The molecule has 0 saturated heterocycles. The average Bonchev–Trinajstić information content (AvgIpc) is 3.02. The van der Waals surface area contributed by atoms with Crippen LogP contribution in [-0.4, -0.2) is 14.5 Å². The number of anilines is 1. The van der Waals surface area contributed by atoms with Crippen LogP contribution in [0.4, 0.5) is 5.82 Å². The highest BCUT2D eigenvalue weighted by Crippen LogP contribution is 2.45. The lowest BCUT2D eigenvalue weighted by atomic mass is 9.65. The molecule has 5 heteroatoms. The third-order valence-corrected chi connectivity index (χ3v) is 7.02. The number of rotatable bonds is 8. The normalized spacial score (nSPS) is 19.9. The maximum Gasteiger partial charge on any atom is 0.307 e. The predicted molar refractivity (Wildman–Crippen MR) is 129 cm³/mol. The third-order valence-electron chi connectivity index (χ3n) is 7.02. The van der Waals surface area contributed by atoms with Crippen molar-refractivity contribution in [2.45, 2.75) is 79.2 Å². The molecule has 0 aliphatic heterocycles. The molecule has 0 radical (unpaired) electrons. The molecule has 1 aliphatic carbocycles. The van der Waals surface area contributed by atoms with Gasteiger partial charge in [-0.1, -0.05) is 54.3 Å². The van der Waals surface area contributed by atoms with E-state index in [2.05, 4.69) is 61.0 Å². The minimum Gasteiger partial charge on any atom is -0.380 e. The predicted octanol–water partition coefficient (Wildman–Crippen LogP) is 5.67. The molecule has 2 aromatic rings. The SMILES string of the molecule is C=C1CCCC(C)(C)[C@H]1CC/C(C)=C/CC/C(C)=C/Cn1c[n+](C)c2ncnc(N)c21. The van der Waals surface area contributed by atoms with E-state index in [-0.39, 0.29) is 0 Å². The minimum absolute atomic E-state index is 0.405. The van der Waals surface area contributed by atoms with Gasteiger partial charge < -0.3 is 5.73 Å². The van der Waals surface area contributed by atoms with Gasteiger partial charge in [-0.3, -0.25) is 4.57 Å². The van der Waals surface area contributed by atoms with E-state index in [1.54, 1.807) is 0 Å². The van der Waals surface area contributed by atoms with Crippen LogP contribution >= 0.6 is 0 Å². The third kappa shape index (κ3) is 5.63. The van der Waals surface area contributed by atoms with Gasteiger partial charge in [0, 0.05) is 0 Å². The average molecular weight is 423 g/mol. The molecule has 1 fully saturated rings. The van der Waals surface area contributed by atoms with E-state index in [1.165, 1.54) is 55.2 Å². The lowest BCUT2D eigenvalue weighted by molar-refractivity contribution is -0.647. The summed E-state index contributed by atoms with van der Waals surface area (Å²) in [6, 6.07) is 0. The summed E-state index contributed by atoms with van der Waals surface area (Å²) in [6.07, 6.45) is 16.7. The second-order valence-corrected chi connectivity index (χ2v) is 10.0. The number of aromatic nitrogens is 4. The first kappa shape index (κ1) is 23.2. The van der Waals surface area contributed by atoms with Crippen molar-refractivity contribution in [3.63, 3.8) is 0 Å². The van der Waals surface area contributed by atoms with E-state index in [9.17, 15) is 0 Å². The van der Waals surface area contributed by atoms with Crippen molar-refractivity contribution in [3.05, 3.63) is 48.1 Å². The smallest absolute Gasteiger partial charge is 0.307 e. The van der Waals surface area contributed by atoms with Crippen molar-refractivity contribution in [2.24, 2.45) is 18.4 Å². The molecule has 168 valence electrons. The van der Waals surface area contributed by atoms with Gasteiger partial charge in [-0.25, -0.2) is 4.57 Å². The first-order valence-corrected chi connectivity index (χ1v) is 11.6. The molecule has 0 unspecified atom stereocenters. The molecular weight excluding hydrogens is 382 g/mol. The Hall–Kier alpha value is -2.43. The Morgan fingerprint density at radius 3 is 2.74 bits per heavy atom. The number of hydrogen-bond donors (Lipinski definition) is 1. The zero-order valence-corrected chi connectivity index (χ0v) is 20.1. The van der Waals surface area contributed by atoms with Gasteiger partial charge in [0.05, 0.1) is 13.6 Å². The highest BCUT2D eigenvalue weighted by Gasteiger charge is 2.33. The topological polar surface area (TPSA) is 60.6 Å². The Bertz CT molecular complexity index is 993. The van der Waals surface area contributed by atoms with Crippen molar-refractivity contribution in [3.8, 4) is 0 Å². The van der Waals surface area contributed by atoms with Crippen LogP contribution in [-0.2, 0) is 13.6 Å². The molecule has 0 bridgehead atoms. The van der Waals surface area contributed by atoms with Crippen LogP contribution < -0.4 is 10.3 Å². The molecule has 1 aliphatic rings. The van der Waals surface area contributed by atoms with Crippen LogP contribution in [0, 0.1) is 11.3 Å². The second kappa shape index (κ2) is 9.80. The molecule has 2 heterocycles. The van der Waals surface area contributed by atoms with Crippen molar-refractivity contribution in [1.29, 1.82) is 0 Å². The van der Waals surface area contributed by atoms with Crippen LogP contribution in [0.25, 0.3) is 11.2 Å². The summed E-state index contributed by atoms with van der Waals surface area (Å²) >= 11 is 0. The molecule has 0 spiro atoms. The van der Waals surface area contributed by atoms with Crippen molar-refractivity contribution in [2.75, 3.05) is 5.73 Å². The summed E-state index contributed by atoms with van der Waals surface area (Å²) in [5.74, 6) is 1.19. The number of nitrogens with two attached hydrogens (primary N) is 1. The molecule has 5 nitrogen and oxygen atoms in total. The van der Waals surface area contributed by atoms with Gasteiger partial charge in [0.2, 0.25) is 5.52 Å². The molecule has 2 N–H and O–H groups in total. The summed E-state index contributed by atoms with van der Waals surface area (Å²) in [6.45, 7) is 14.5. The van der Waals surface area contributed by atoms with Crippen molar-refractivity contribution >= 4 is 17.0 Å². The van der Waals surface area contributed by atoms with E-state index in [4.69, 9.17) is 5.73 Å². The van der Waals surface area contributed by atoms with E-state index in [0.29, 0.717) is 17.2 Å². The van der Waals surface area contributed by atoms with Gasteiger partial charge in [0.25, 0.3) is 0 Å². The molecule has 2 aromatic heterocycles. The molecule has 3 rings (SSSR count). The van der Waals surface area contributed by atoms with E-state index >= 15 is 0 Å². The number of nitrogens with zero attached hydrogens (tertiary/aromatic N) is 4. The number of hydrogen-bond acceptors (Lipinski definition) is 3. The van der Waals surface area contributed by atoms with Crippen LogP contribution in [0.3, 0.4) is 0 Å². The maximum absolute atomic E-state index is 6.08. The van der Waals surface area contributed by atoms with E-state index in [0.717, 1.165) is 30.6 Å². The van der Waals surface area contributed by atoms with Gasteiger partial charge in [-0.05, 0) is 70.1 Å². The zero-order chi connectivity index (χ0) is 22.6. The zero-order valence-electron chi connectivity index (χ0n) is 20.1. The second-order valence-electron chi connectivity index (χ2n) is 10.0. The Labute approximate surface area is 187 Å². The van der Waals surface area contributed by atoms with Gasteiger partial charge in [-0.15, -0.1) is 0 Å². The van der Waals surface area contributed by atoms with Crippen LogP contribution in [0.15, 0.2) is 48.1 Å². The number of imidazole rings is 1. The summed E-state index contributed by atoms with van der Waals surface area (Å²) in [5.41, 5.74) is 12.6. The summed E-state index contributed by atoms with van der Waals surface area (Å²) in [7, 11) is 1.99. The fraction of sp³-hybridized carbons (Fsp3) is 0.577. The Morgan fingerprint density at radius 2 is 2.00 bits per heavy atom. The molecule has 0 aromatic carbocycles. The van der Waals surface area contributed by atoms with Gasteiger partial charge in [-0.2, -0.15) is 4.98 Å². The molecule has 1 atom stereocenters. The first-order chi connectivity index (χ1) is 14.7.